The third-order valence-corrected chi connectivity index (χ3v) is 4.35. The van der Waals surface area contributed by atoms with Gasteiger partial charge in [-0.15, -0.1) is 0 Å². The molecule has 0 N–H and O–H groups in total. The van der Waals surface area contributed by atoms with Crippen molar-refractivity contribution in [3.05, 3.63) is 90.5 Å². The van der Waals surface area contributed by atoms with Gasteiger partial charge < -0.3 is 9.47 Å². The zero-order chi connectivity index (χ0) is 20.6. The Balaban J connectivity index is 1.59. The maximum Gasteiger partial charge on any atom is 0.333 e. The summed E-state index contributed by atoms with van der Waals surface area (Å²) < 4.78 is 10.6. The first kappa shape index (κ1) is 19.9. The Labute approximate surface area is 170 Å². The number of ether oxygens (including phenoxy) is 2. The Kier molecular flexibility index (Phi) is 6.44. The predicted molar refractivity (Wildman–Crippen MR) is 113 cm³/mol. The van der Waals surface area contributed by atoms with Crippen LogP contribution in [0.25, 0.3) is 22.3 Å². The van der Waals surface area contributed by atoms with Crippen LogP contribution in [0.4, 0.5) is 0 Å². The highest BCUT2D eigenvalue weighted by atomic mass is 16.6. The molecule has 4 heteroatoms. The standard InChI is InChI=1S/C25H21NO3/c1-18(2)25(27)29-16-15-28-24-13-11-23(12-14-24)22-9-7-21(8-10-22)20-5-3-19(17-26)4-6-20/h3-14H,1,15-16H2,2H3. The van der Waals surface area contributed by atoms with Crippen LogP contribution >= 0.6 is 0 Å². The molecule has 0 aliphatic carbocycles. The second kappa shape index (κ2) is 9.38. The largest absolute Gasteiger partial charge is 0.490 e. The molecule has 0 atom stereocenters. The number of esters is 1. The van der Waals surface area contributed by atoms with Crippen LogP contribution in [0.1, 0.15) is 12.5 Å². The summed E-state index contributed by atoms with van der Waals surface area (Å²) in [4.78, 5) is 11.3. The maximum absolute atomic E-state index is 11.3. The Morgan fingerprint density at radius 2 is 1.28 bits per heavy atom. The van der Waals surface area contributed by atoms with Crippen LogP contribution in [0.3, 0.4) is 0 Å². The molecule has 0 radical (unpaired) electrons. The molecule has 0 aliphatic heterocycles. The van der Waals surface area contributed by atoms with Crippen molar-refractivity contribution in [1.29, 1.82) is 5.26 Å². The van der Waals surface area contributed by atoms with Gasteiger partial charge in [0, 0.05) is 5.57 Å². The van der Waals surface area contributed by atoms with Gasteiger partial charge in [-0.1, -0.05) is 55.1 Å². The molecule has 3 rings (SSSR count). The number of benzene rings is 3. The minimum absolute atomic E-state index is 0.185. The number of carbonyl (C=O) groups excluding carboxylic acids is 1. The second-order valence-corrected chi connectivity index (χ2v) is 6.56. The Hall–Kier alpha value is -3.84. The van der Waals surface area contributed by atoms with Crippen molar-refractivity contribution in [1.82, 2.24) is 0 Å². The van der Waals surface area contributed by atoms with Gasteiger partial charge in [-0.25, -0.2) is 4.79 Å². The van der Waals surface area contributed by atoms with Crippen LogP contribution in [0.15, 0.2) is 84.9 Å². The fourth-order valence-corrected chi connectivity index (χ4v) is 2.75. The van der Waals surface area contributed by atoms with E-state index < -0.39 is 5.97 Å². The van der Waals surface area contributed by atoms with E-state index in [1.165, 1.54) is 0 Å². The summed E-state index contributed by atoms with van der Waals surface area (Å²) in [5.74, 6) is 0.308. The van der Waals surface area contributed by atoms with Crippen LogP contribution in [0, 0.1) is 11.3 Å². The van der Waals surface area contributed by atoms with E-state index in [0.29, 0.717) is 16.9 Å². The highest BCUT2D eigenvalue weighted by Gasteiger charge is 2.04. The molecule has 0 saturated heterocycles. The molecule has 3 aromatic rings. The summed E-state index contributed by atoms with van der Waals surface area (Å²) in [5, 5.41) is 8.90. The van der Waals surface area contributed by atoms with E-state index in [2.05, 4.69) is 36.9 Å². The first-order valence-electron chi connectivity index (χ1n) is 9.23. The van der Waals surface area contributed by atoms with E-state index in [1.807, 2.05) is 48.5 Å². The van der Waals surface area contributed by atoms with E-state index in [1.54, 1.807) is 6.92 Å². The van der Waals surface area contributed by atoms with Gasteiger partial charge in [-0.05, 0) is 53.4 Å². The molecule has 0 amide bonds. The van der Waals surface area contributed by atoms with Gasteiger partial charge in [-0.3, -0.25) is 0 Å². The van der Waals surface area contributed by atoms with Gasteiger partial charge in [0.15, 0.2) is 0 Å². The highest BCUT2D eigenvalue weighted by Crippen LogP contribution is 2.26. The smallest absolute Gasteiger partial charge is 0.333 e. The van der Waals surface area contributed by atoms with Crippen molar-refractivity contribution < 1.29 is 14.3 Å². The lowest BCUT2D eigenvalue weighted by atomic mass is 10.00. The van der Waals surface area contributed by atoms with Gasteiger partial charge in [0.2, 0.25) is 0 Å². The molecule has 0 aliphatic rings. The third kappa shape index (κ3) is 5.33. The fraction of sp³-hybridized carbons (Fsp3) is 0.120. The molecule has 144 valence electrons. The van der Waals surface area contributed by atoms with Crippen LogP contribution in [0.2, 0.25) is 0 Å². The Bertz CT molecular complexity index is 1030. The molecule has 0 fully saturated rings. The average Bonchev–Trinajstić information content (AvgIpc) is 2.77. The average molecular weight is 383 g/mol. The number of hydrogen-bond donors (Lipinski definition) is 0. The van der Waals surface area contributed by atoms with Crippen LogP contribution in [-0.2, 0) is 9.53 Å². The minimum atomic E-state index is -0.409. The van der Waals surface area contributed by atoms with Gasteiger partial charge >= 0.3 is 5.97 Å². The molecular formula is C25H21NO3. The zero-order valence-corrected chi connectivity index (χ0v) is 16.2. The van der Waals surface area contributed by atoms with Crippen molar-refractivity contribution in [2.24, 2.45) is 0 Å². The summed E-state index contributed by atoms with van der Waals surface area (Å²) in [6, 6.07) is 25.7. The quantitative estimate of drug-likeness (QED) is 0.312. The van der Waals surface area contributed by atoms with Crippen molar-refractivity contribution >= 4 is 5.97 Å². The van der Waals surface area contributed by atoms with E-state index >= 15 is 0 Å². The third-order valence-electron chi connectivity index (χ3n) is 4.35. The lowest BCUT2D eigenvalue weighted by Crippen LogP contribution is -2.12. The summed E-state index contributed by atoms with van der Waals surface area (Å²) in [5.41, 5.74) is 5.39. The lowest BCUT2D eigenvalue weighted by Gasteiger charge is -2.09. The van der Waals surface area contributed by atoms with Crippen LogP contribution in [0.5, 0.6) is 5.75 Å². The number of rotatable bonds is 7. The first-order valence-corrected chi connectivity index (χ1v) is 9.23. The van der Waals surface area contributed by atoms with Gasteiger partial charge in [0.1, 0.15) is 19.0 Å². The maximum atomic E-state index is 11.3. The molecule has 3 aromatic carbocycles. The molecule has 0 bridgehead atoms. The van der Waals surface area contributed by atoms with Crippen molar-refractivity contribution in [2.75, 3.05) is 13.2 Å². The summed E-state index contributed by atoms with van der Waals surface area (Å²) in [6.07, 6.45) is 0. The first-order chi connectivity index (χ1) is 14.1. The summed E-state index contributed by atoms with van der Waals surface area (Å²) in [6.45, 7) is 5.62. The van der Waals surface area contributed by atoms with E-state index in [-0.39, 0.29) is 13.2 Å². The van der Waals surface area contributed by atoms with Crippen molar-refractivity contribution in [3.63, 3.8) is 0 Å². The molecule has 0 unspecified atom stereocenters. The normalized spacial score (nSPS) is 10.1. The molecule has 0 heterocycles. The minimum Gasteiger partial charge on any atom is -0.490 e. The zero-order valence-electron chi connectivity index (χ0n) is 16.2. The van der Waals surface area contributed by atoms with Crippen LogP contribution < -0.4 is 4.74 Å². The van der Waals surface area contributed by atoms with E-state index in [0.717, 1.165) is 22.3 Å². The number of carbonyl (C=O) groups is 1. The van der Waals surface area contributed by atoms with Crippen molar-refractivity contribution in [3.8, 4) is 34.1 Å². The number of nitriles is 1. The fourth-order valence-electron chi connectivity index (χ4n) is 2.75. The predicted octanol–water partition coefficient (Wildman–Crippen LogP) is 5.39. The second-order valence-electron chi connectivity index (χ2n) is 6.56. The van der Waals surface area contributed by atoms with Crippen molar-refractivity contribution in [2.45, 2.75) is 6.92 Å². The molecule has 0 aromatic heterocycles. The molecule has 4 nitrogen and oxygen atoms in total. The monoisotopic (exact) mass is 383 g/mol. The number of hydrogen-bond acceptors (Lipinski definition) is 4. The van der Waals surface area contributed by atoms with Gasteiger partial charge in [-0.2, -0.15) is 5.26 Å². The topological polar surface area (TPSA) is 59.3 Å². The SMILES string of the molecule is C=C(C)C(=O)OCCOc1ccc(-c2ccc(-c3ccc(C#N)cc3)cc2)cc1. The molecule has 0 spiro atoms. The van der Waals surface area contributed by atoms with E-state index in [9.17, 15) is 4.79 Å². The molecule has 29 heavy (non-hydrogen) atoms. The molecule has 0 saturated carbocycles. The summed E-state index contributed by atoms with van der Waals surface area (Å²) in [7, 11) is 0. The Morgan fingerprint density at radius 1 is 0.828 bits per heavy atom. The van der Waals surface area contributed by atoms with Gasteiger partial charge in [0.25, 0.3) is 0 Å². The van der Waals surface area contributed by atoms with E-state index in [4.69, 9.17) is 14.7 Å². The van der Waals surface area contributed by atoms with Gasteiger partial charge in [0.05, 0.1) is 11.6 Å². The summed E-state index contributed by atoms with van der Waals surface area (Å²) >= 11 is 0. The molecular weight excluding hydrogens is 362 g/mol. The Morgan fingerprint density at radius 3 is 1.72 bits per heavy atom. The van der Waals surface area contributed by atoms with Crippen LogP contribution in [-0.4, -0.2) is 19.2 Å². The number of nitrogens with zero attached hydrogens (tertiary/aromatic N) is 1. The lowest BCUT2D eigenvalue weighted by molar-refractivity contribution is -0.139. The highest BCUT2D eigenvalue weighted by molar-refractivity contribution is 5.86.